The van der Waals surface area contributed by atoms with Crippen molar-refractivity contribution in [3.63, 3.8) is 0 Å². The molecule has 0 aliphatic rings. The summed E-state index contributed by atoms with van der Waals surface area (Å²) in [6.45, 7) is 4.03. The SMILES string of the molecule is CCCCCCCOC(=O)C(C)C(=O)OC. The molecule has 0 radical (unpaired) electrons. The zero-order valence-electron chi connectivity index (χ0n) is 10.5. The molecule has 0 heterocycles. The summed E-state index contributed by atoms with van der Waals surface area (Å²) in [6.07, 6.45) is 5.50. The van der Waals surface area contributed by atoms with Crippen molar-refractivity contribution < 1.29 is 19.1 Å². The minimum absolute atomic E-state index is 0.393. The van der Waals surface area contributed by atoms with E-state index in [4.69, 9.17) is 4.74 Å². The average Bonchev–Trinajstić information content (AvgIpc) is 2.31. The highest BCUT2D eigenvalue weighted by molar-refractivity contribution is 5.94. The molecule has 0 aliphatic heterocycles. The van der Waals surface area contributed by atoms with Crippen LogP contribution >= 0.6 is 0 Å². The van der Waals surface area contributed by atoms with E-state index in [0.29, 0.717) is 6.61 Å². The van der Waals surface area contributed by atoms with E-state index in [1.807, 2.05) is 0 Å². The van der Waals surface area contributed by atoms with Crippen LogP contribution in [-0.2, 0) is 19.1 Å². The normalized spacial score (nSPS) is 11.9. The first kappa shape index (κ1) is 14.9. The maximum atomic E-state index is 11.3. The first-order chi connectivity index (χ1) is 7.63. The Morgan fingerprint density at radius 1 is 1.06 bits per heavy atom. The van der Waals surface area contributed by atoms with Crippen LogP contribution in [0.2, 0.25) is 0 Å². The molecular formula is C12H22O4. The van der Waals surface area contributed by atoms with Gasteiger partial charge in [-0.2, -0.15) is 0 Å². The predicted octanol–water partition coefficient (Wildman–Crippen LogP) is 2.31. The Bertz CT molecular complexity index is 213. The summed E-state index contributed by atoms with van der Waals surface area (Å²) < 4.78 is 9.42. The lowest BCUT2D eigenvalue weighted by Gasteiger charge is -2.09. The van der Waals surface area contributed by atoms with Crippen molar-refractivity contribution in [1.29, 1.82) is 0 Å². The zero-order valence-corrected chi connectivity index (χ0v) is 10.5. The molecule has 94 valence electrons. The number of methoxy groups -OCH3 is 1. The van der Waals surface area contributed by atoms with Gasteiger partial charge in [0, 0.05) is 0 Å². The molecule has 4 nitrogen and oxygen atoms in total. The van der Waals surface area contributed by atoms with Crippen LogP contribution in [0.15, 0.2) is 0 Å². The van der Waals surface area contributed by atoms with Crippen molar-refractivity contribution in [2.24, 2.45) is 5.92 Å². The summed E-state index contributed by atoms with van der Waals surface area (Å²) in [7, 11) is 1.26. The summed E-state index contributed by atoms with van der Waals surface area (Å²) in [5, 5.41) is 0. The Morgan fingerprint density at radius 2 is 1.69 bits per heavy atom. The maximum absolute atomic E-state index is 11.3. The molecule has 0 saturated heterocycles. The van der Waals surface area contributed by atoms with E-state index in [-0.39, 0.29) is 0 Å². The summed E-state index contributed by atoms with van der Waals surface area (Å²) in [4.78, 5) is 22.3. The van der Waals surface area contributed by atoms with Gasteiger partial charge in [-0.05, 0) is 13.3 Å². The molecule has 4 heteroatoms. The lowest BCUT2D eigenvalue weighted by Crippen LogP contribution is -2.24. The van der Waals surface area contributed by atoms with E-state index in [9.17, 15) is 9.59 Å². The first-order valence-electron chi connectivity index (χ1n) is 5.88. The van der Waals surface area contributed by atoms with E-state index in [1.165, 1.54) is 33.3 Å². The predicted molar refractivity (Wildman–Crippen MR) is 60.9 cm³/mol. The Balaban J connectivity index is 3.54. The fourth-order valence-corrected chi connectivity index (χ4v) is 1.28. The summed E-state index contributed by atoms with van der Waals surface area (Å²) in [5.41, 5.74) is 0. The van der Waals surface area contributed by atoms with Crippen LogP contribution < -0.4 is 0 Å². The van der Waals surface area contributed by atoms with Gasteiger partial charge in [-0.3, -0.25) is 9.59 Å². The second-order valence-electron chi connectivity index (χ2n) is 3.83. The van der Waals surface area contributed by atoms with Gasteiger partial charge in [-0.1, -0.05) is 32.6 Å². The monoisotopic (exact) mass is 230 g/mol. The van der Waals surface area contributed by atoms with Gasteiger partial charge in [0.1, 0.15) is 0 Å². The average molecular weight is 230 g/mol. The third kappa shape index (κ3) is 6.43. The molecule has 0 spiro atoms. The number of hydrogen-bond acceptors (Lipinski definition) is 4. The van der Waals surface area contributed by atoms with Crippen LogP contribution in [0.3, 0.4) is 0 Å². The number of rotatable bonds is 8. The molecule has 0 aromatic carbocycles. The fraction of sp³-hybridized carbons (Fsp3) is 0.833. The Hall–Kier alpha value is -1.06. The van der Waals surface area contributed by atoms with Gasteiger partial charge in [-0.25, -0.2) is 0 Å². The maximum Gasteiger partial charge on any atom is 0.320 e. The molecule has 0 aliphatic carbocycles. The van der Waals surface area contributed by atoms with Crippen LogP contribution in [0.4, 0.5) is 0 Å². The van der Waals surface area contributed by atoms with E-state index in [2.05, 4.69) is 11.7 Å². The summed E-state index contributed by atoms with van der Waals surface area (Å²) in [5.74, 6) is -1.86. The molecule has 0 bridgehead atoms. The molecule has 0 aromatic rings. The molecule has 0 saturated carbocycles. The third-order valence-corrected chi connectivity index (χ3v) is 2.40. The molecule has 0 N–H and O–H groups in total. The van der Waals surface area contributed by atoms with Gasteiger partial charge in [0.25, 0.3) is 0 Å². The molecular weight excluding hydrogens is 208 g/mol. The number of carbonyl (C=O) groups excluding carboxylic acids is 2. The lowest BCUT2D eigenvalue weighted by atomic mass is 10.1. The molecule has 1 unspecified atom stereocenters. The highest BCUT2D eigenvalue weighted by atomic mass is 16.5. The Labute approximate surface area is 97.3 Å². The number of ether oxygens (including phenoxy) is 2. The fourth-order valence-electron chi connectivity index (χ4n) is 1.28. The number of carbonyl (C=O) groups is 2. The second kappa shape index (κ2) is 9.19. The number of esters is 2. The van der Waals surface area contributed by atoms with Crippen LogP contribution in [0.5, 0.6) is 0 Å². The lowest BCUT2D eigenvalue weighted by molar-refractivity contribution is -0.159. The largest absolute Gasteiger partial charge is 0.468 e. The standard InChI is InChI=1S/C12H22O4/c1-4-5-6-7-8-9-16-12(14)10(2)11(13)15-3/h10H,4-9H2,1-3H3. The molecule has 16 heavy (non-hydrogen) atoms. The first-order valence-corrected chi connectivity index (χ1v) is 5.88. The Morgan fingerprint density at radius 3 is 2.25 bits per heavy atom. The minimum atomic E-state index is -0.819. The minimum Gasteiger partial charge on any atom is -0.468 e. The van der Waals surface area contributed by atoms with E-state index < -0.39 is 17.9 Å². The summed E-state index contributed by atoms with van der Waals surface area (Å²) in [6, 6.07) is 0. The van der Waals surface area contributed by atoms with Crippen molar-refractivity contribution >= 4 is 11.9 Å². The molecule has 1 atom stereocenters. The van der Waals surface area contributed by atoms with Gasteiger partial charge in [0.2, 0.25) is 0 Å². The highest BCUT2D eigenvalue weighted by Crippen LogP contribution is 2.05. The molecule has 0 amide bonds. The highest BCUT2D eigenvalue weighted by Gasteiger charge is 2.23. The zero-order chi connectivity index (χ0) is 12.4. The smallest absolute Gasteiger partial charge is 0.320 e. The molecule has 0 rings (SSSR count). The summed E-state index contributed by atoms with van der Waals surface area (Å²) >= 11 is 0. The van der Waals surface area contributed by atoms with Crippen LogP contribution in [0.1, 0.15) is 46.0 Å². The van der Waals surface area contributed by atoms with Crippen LogP contribution in [0, 0.1) is 5.92 Å². The van der Waals surface area contributed by atoms with Crippen LogP contribution in [-0.4, -0.2) is 25.7 Å². The van der Waals surface area contributed by atoms with Crippen molar-refractivity contribution in [1.82, 2.24) is 0 Å². The second-order valence-corrected chi connectivity index (χ2v) is 3.83. The Kier molecular flexibility index (Phi) is 8.58. The van der Waals surface area contributed by atoms with Gasteiger partial charge >= 0.3 is 11.9 Å². The van der Waals surface area contributed by atoms with Crippen molar-refractivity contribution in [3.05, 3.63) is 0 Å². The van der Waals surface area contributed by atoms with Gasteiger partial charge < -0.3 is 9.47 Å². The van der Waals surface area contributed by atoms with E-state index in [0.717, 1.165) is 12.8 Å². The number of hydrogen-bond donors (Lipinski definition) is 0. The van der Waals surface area contributed by atoms with Crippen LogP contribution in [0.25, 0.3) is 0 Å². The van der Waals surface area contributed by atoms with E-state index in [1.54, 1.807) is 0 Å². The molecule has 0 fully saturated rings. The quantitative estimate of drug-likeness (QED) is 0.365. The van der Waals surface area contributed by atoms with Crippen molar-refractivity contribution in [2.45, 2.75) is 46.0 Å². The van der Waals surface area contributed by atoms with Gasteiger partial charge in [0.15, 0.2) is 5.92 Å². The molecule has 0 aromatic heterocycles. The van der Waals surface area contributed by atoms with Gasteiger partial charge in [0.05, 0.1) is 13.7 Å². The topological polar surface area (TPSA) is 52.6 Å². The number of unbranched alkanes of at least 4 members (excludes halogenated alkanes) is 4. The van der Waals surface area contributed by atoms with E-state index >= 15 is 0 Å². The van der Waals surface area contributed by atoms with Gasteiger partial charge in [-0.15, -0.1) is 0 Å². The van der Waals surface area contributed by atoms with Crippen molar-refractivity contribution in [2.75, 3.05) is 13.7 Å². The van der Waals surface area contributed by atoms with Crippen molar-refractivity contribution in [3.8, 4) is 0 Å². The third-order valence-electron chi connectivity index (χ3n) is 2.40.